The second-order valence-electron chi connectivity index (χ2n) is 5.43. The van der Waals surface area contributed by atoms with Gasteiger partial charge in [-0.05, 0) is 52.0 Å². The SMILES string of the molecule is [B]c1cc(F)c2nc(C)n(C3CCN(C)CC3)c2c1. The fraction of sp³-hybridized carbons (Fsp3) is 0.500. The molecule has 2 radical (unpaired) electrons. The molecule has 5 heteroatoms. The van der Waals surface area contributed by atoms with E-state index in [0.29, 0.717) is 17.0 Å². The summed E-state index contributed by atoms with van der Waals surface area (Å²) in [5, 5.41) is 0. The number of aromatic nitrogens is 2. The predicted octanol–water partition coefficient (Wildman–Crippen LogP) is 1.54. The van der Waals surface area contributed by atoms with Gasteiger partial charge < -0.3 is 9.47 Å². The lowest BCUT2D eigenvalue weighted by Crippen LogP contribution is -2.31. The number of halogens is 1. The monoisotopic (exact) mass is 257 g/mol. The van der Waals surface area contributed by atoms with E-state index in [1.54, 1.807) is 0 Å². The second-order valence-corrected chi connectivity index (χ2v) is 5.43. The van der Waals surface area contributed by atoms with E-state index in [0.717, 1.165) is 37.3 Å². The van der Waals surface area contributed by atoms with Gasteiger partial charge >= 0.3 is 0 Å². The molecule has 0 bridgehead atoms. The highest BCUT2D eigenvalue weighted by molar-refractivity contribution is 6.33. The van der Waals surface area contributed by atoms with Crippen LogP contribution < -0.4 is 5.46 Å². The Labute approximate surface area is 113 Å². The van der Waals surface area contributed by atoms with Crippen LogP contribution in [-0.4, -0.2) is 42.4 Å². The summed E-state index contributed by atoms with van der Waals surface area (Å²) in [6.45, 7) is 4.07. The van der Waals surface area contributed by atoms with Gasteiger partial charge in [-0.3, -0.25) is 0 Å². The van der Waals surface area contributed by atoms with Crippen LogP contribution in [0, 0.1) is 12.7 Å². The Balaban J connectivity index is 2.10. The summed E-state index contributed by atoms with van der Waals surface area (Å²) in [6, 6.07) is 3.56. The van der Waals surface area contributed by atoms with Crippen LogP contribution in [0.15, 0.2) is 12.1 Å². The number of rotatable bonds is 1. The molecule has 0 atom stereocenters. The van der Waals surface area contributed by atoms with Gasteiger partial charge in [-0.15, -0.1) is 0 Å². The van der Waals surface area contributed by atoms with E-state index in [-0.39, 0.29) is 5.82 Å². The minimum Gasteiger partial charge on any atom is -0.325 e. The van der Waals surface area contributed by atoms with Gasteiger partial charge in [-0.25, -0.2) is 9.37 Å². The highest BCUT2D eigenvalue weighted by Gasteiger charge is 2.22. The first-order valence-corrected chi connectivity index (χ1v) is 6.68. The van der Waals surface area contributed by atoms with Gasteiger partial charge in [0.1, 0.15) is 25.0 Å². The molecule has 19 heavy (non-hydrogen) atoms. The van der Waals surface area contributed by atoms with Crippen LogP contribution in [0.4, 0.5) is 4.39 Å². The Hall–Kier alpha value is -1.36. The van der Waals surface area contributed by atoms with Gasteiger partial charge in [0.15, 0.2) is 0 Å². The third-order valence-corrected chi connectivity index (χ3v) is 4.00. The molecule has 3 nitrogen and oxygen atoms in total. The number of hydrogen-bond acceptors (Lipinski definition) is 2. The molecular weight excluding hydrogens is 240 g/mol. The number of hydrogen-bond donors (Lipinski definition) is 0. The van der Waals surface area contributed by atoms with Crippen molar-refractivity contribution in [2.75, 3.05) is 20.1 Å². The van der Waals surface area contributed by atoms with E-state index < -0.39 is 0 Å². The van der Waals surface area contributed by atoms with E-state index in [9.17, 15) is 4.39 Å². The molecule has 0 aliphatic carbocycles. The molecule has 0 N–H and O–H groups in total. The van der Waals surface area contributed by atoms with Gasteiger partial charge in [-0.1, -0.05) is 5.46 Å². The highest BCUT2D eigenvalue weighted by atomic mass is 19.1. The summed E-state index contributed by atoms with van der Waals surface area (Å²) in [5.41, 5.74) is 1.72. The van der Waals surface area contributed by atoms with E-state index in [4.69, 9.17) is 7.85 Å². The number of imidazole rings is 1. The van der Waals surface area contributed by atoms with Crippen LogP contribution in [0.25, 0.3) is 11.0 Å². The van der Waals surface area contributed by atoms with Gasteiger partial charge in [0, 0.05) is 6.04 Å². The number of fused-ring (bicyclic) bond motifs is 1. The van der Waals surface area contributed by atoms with E-state index in [2.05, 4.69) is 21.5 Å². The zero-order valence-electron chi connectivity index (χ0n) is 11.4. The average Bonchev–Trinajstić information content (AvgIpc) is 2.67. The lowest BCUT2D eigenvalue weighted by molar-refractivity contribution is 0.222. The molecule has 0 saturated carbocycles. The summed E-state index contributed by atoms with van der Waals surface area (Å²) in [5.74, 6) is 0.541. The number of piperidine rings is 1. The van der Waals surface area contributed by atoms with Crippen molar-refractivity contribution in [2.45, 2.75) is 25.8 Å². The van der Waals surface area contributed by atoms with Crippen molar-refractivity contribution < 1.29 is 4.39 Å². The molecule has 98 valence electrons. The summed E-state index contributed by atoms with van der Waals surface area (Å²) in [7, 11) is 7.90. The van der Waals surface area contributed by atoms with Crippen molar-refractivity contribution in [3.05, 3.63) is 23.8 Å². The Morgan fingerprint density at radius 2 is 2.00 bits per heavy atom. The fourth-order valence-electron chi connectivity index (χ4n) is 3.00. The maximum Gasteiger partial charge on any atom is 0.150 e. The highest BCUT2D eigenvalue weighted by Crippen LogP contribution is 2.28. The Morgan fingerprint density at radius 1 is 1.32 bits per heavy atom. The second kappa shape index (κ2) is 4.64. The minimum absolute atomic E-state index is 0.329. The molecular formula is C14H17BFN3. The van der Waals surface area contributed by atoms with Crippen LogP contribution in [0.3, 0.4) is 0 Å². The molecule has 1 saturated heterocycles. The van der Waals surface area contributed by atoms with Gasteiger partial charge in [0.05, 0.1) is 5.52 Å². The van der Waals surface area contributed by atoms with Gasteiger partial charge in [0.25, 0.3) is 0 Å². The number of nitrogens with zero attached hydrogens (tertiary/aromatic N) is 3. The van der Waals surface area contributed by atoms with E-state index in [1.165, 1.54) is 6.07 Å². The molecule has 1 aliphatic heterocycles. The predicted molar refractivity (Wildman–Crippen MR) is 75.6 cm³/mol. The molecule has 1 aliphatic rings. The molecule has 0 amide bonds. The van der Waals surface area contributed by atoms with Crippen molar-refractivity contribution >= 4 is 24.3 Å². The van der Waals surface area contributed by atoms with Crippen molar-refractivity contribution in [3.8, 4) is 0 Å². The molecule has 3 rings (SSSR count). The van der Waals surface area contributed by atoms with Crippen molar-refractivity contribution in [3.63, 3.8) is 0 Å². The first-order chi connectivity index (χ1) is 9.06. The summed E-state index contributed by atoms with van der Waals surface area (Å²) in [6.07, 6.45) is 2.14. The standard InChI is InChI=1S/C14H17BFN3/c1-9-17-14-12(16)7-10(15)8-13(14)19(9)11-3-5-18(2)6-4-11/h7-8,11H,3-6H2,1-2H3. The van der Waals surface area contributed by atoms with Gasteiger partial charge in [0.2, 0.25) is 0 Å². The fourth-order valence-corrected chi connectivity index (χ4v) is 3.00. The molecule has 0 spiro atoms. The summed E-state index contributed by atoms with van der Waals surface area (Å²) in [4.78, 5) is 6.69. The Kier molecular flexibility index (Phi) is 3.09. The number of aryl methyl sites for hydroxylation is 1. The Morgan fingerprint density at radius 3 is 2.68 bits per heavy atom. The summed E-state index contributed by atoms with van der Waals surface area (Å²) >= 11 is 0. The quantitative estimate of drug-likeness (QED) is 0.723. The van der Waals surface area contributed by atoms with Crippen molar-refractivity contribution in [1.29, 1.82) is 0 Å². The number of benzene rings is 1. The molecule has 2 heterocycles. The van der Waals surface area contributed by atoms with Crippen LogP contribution in [-0.2, 0) is 0 Å². The maximum absolute atomic E-state index is 13.9. The van der Waals surface area contributed by atoms with Gasteiger partial charge in [-0.2, -0.15) is 0 Å². The molecule has 1 fully saturated rings. The first-order valence-electron chi connectivity index (χ1n) is 6.68. The topological polar surface area (TPSA) is 21.1 Å². The van der Waals surface area contributed by atoms with E-state index >= 15 is 0 Å². The number of likely N-dealkylation sites (tertiary alicyclic amines) is 1. The van der Waals surface area contributed by atoms with Crippen molar-refractivity contribution in [1.82, 2.24) is 14.5 Å². The lowest BCUT2D eigenvalue weighted by Gasteiger charge is -2.30. The van der Waals surface area contributed by atoms with Crippen LogP contribution in [0.1, 0.15) is 24.7 Å². The normalized spacial score (nSPS) is 18.3. The zero-order valence-corrected chi connectivity index (χ0v) is 11.4. The molecule has 1 aromatic carbocycles. The third-order valence-electron chi connectivity index (χ3n) is 4.00. The average molecular weight is 257 g/mol. The third kappa shape index (κ3) is 2.16. The maximum atomic E-state index is 13.9. The lowest BCUT2D eigenvalue weighted by atomic mass is 9.95. The summed E-state index contributed by atoms with van der Waals surface area (Å²) < 4.78 is 16.1. The van der Waals surface area contributed by atoms with Crippen LogP contribution >= 0.6 is 0 Å². The smallest absolute Gasteiger partial charge is 0.150 e. The first kappa shape index (κ1) is 12.7. The molecule has 0 unspecified atom stereocenters. The zero-order chi connectivity index (χ0) is 13.6. The molecule has 2 aromatic rings. The van der Waals surface area contributed by atoms with Crippen LogP contribution in [0.5, 0.6) is 0 Å². The van der Waals surface area contributed by atoms with E-state index in [1.807, 2.05) is 13.0 Å². The van der Waals surface area contributed by atoms with Crippen LogP contribution in [0.2, 0.25) is 0 Å². The Bertz CT molecular complexity index is 615. The largest absolute Gasteiger partial charge is 0.325 e. The van der Waals surface area contributed by atoms with Crippen molar-refractivity contribution in [2.24, 2.45) is 0 Å². The minimum atomic E-state index is -0.329. The molecule has 1 aromatic heterocycles.